The Morgan fingerprint density at radius 2 is 2.06 bits per heavy atom. The van der Waals surface area contributed by atoms with Gasteiger partial charge in [0.05, 0.1) is 5.75 Å². The fraction of sp³-hybridized carbons (Fsp3) is 0.462. The summed E-state index contributed by atoms with van der Waals surface area (Å²) in [6.07, 6.45) is 3.30. The Balaban J connectivity index is 1.59. The average molecular weight is 250 g/mol. The first kappa shape index (κ1) is 12.3. The number of hydrogen-bond donors (Lipinski definition) is 2. The molecule has 1 aliphatic rings. The van der Waals surface area contributed by atoms with Crippen molar-refractivity contribution in [1.29, 1.82) is 0 Å². The van der Waals surface area contributed by atoms with Crippen LogP contribution < -0.4 is 11.1 Å². The van der Waals surface area contributed by atoms with Gasteiger partial charge in [-0.25, -0.2) is 0 Å². The summed E-state index contributed by atoms with van der Waals surface area (Å²) < 4.78 is 0. The third-order valence-electron chi connectivity index (χ3n) is 2.69. The van der Waals surface area contributed by atoms with Crippen LogP contribution in [-0.4, -0.2) is 23.5 Å². The van der Waals surface area contributed by atoms with Crippen molar-refractivity contribution < 1.29 is 4.79 Å². The predicted octanol–water partition coefficient (Wildman–Crippen LogP) is 1.82. The van der Waals surface area contributed by atoms with Crippen molar-refractivity contribution in [2.75, 3.05) is 17.2 Å². The van der Waals surface area contributed by atoms with Crippen LogP contribution in [0, 0.1) is 0 Å². The third-order valence-corrected chi connectivity index (χ3v) is 3.65. The summed E-state index contributed by atoms with van der Waals surface area (Å²) in [7, 11) is 0. The van der Waals surface area contributed by atoms with E-state index in [9.17, 15) is 4.79 Å². The lowest BCUT2D eigenvalue weighted by Gasteiger charge is -2.04. The standard InChI is InChI=1S/C13H18N2OS/c14-11-3-1-10(2-4-11)7-8-17-9-13(16)15-12-5-6-12/h1-4,12H,5-9,14H2,(H,15,16). The van der Waals surface area contributed by atoms with Crippen molar-refractivity contribution in [2.24, 2.45) is 0 Å². The summed E-state index contributed by atoms with van der Waals surface area (Å²) in [5.41, 5.74) is 7.68. The van der Waals surface area contributed by atoms with E-state index in [1.54, 1.807) is 11.8 Å². The molecule has 17 heavy (non-hydrogen) atoms. The van der Waals surface area contributed by atoms with Crippen molar-refractivity contribution in [3.05, 3.63) is 29.8 Å². The Hall–Kier alpha value is -1.16. The van der Waals surface area contributed by atoms with Crippen molar-refractivity contribution in [3.63, 3.8) is 0 Å². The molecule has 0 spiro atoms. The number of anilines is 1. The van der Waals surface area contributed by atoms with Crippen LogP contribution in [0.1, 0.15) is 18.4 Å². The normalized spacial score (nSPS) is 14.6. The molecule has 0 atom stereocenters. The second kappa shape index (κ2) is 5.96. The summed E-state index contributed by atoms with van der Waals surface area (Å²) in [6, 6.07) is 8.39. The first-order valence-corrected chi connectivity index (χ1v) is 7.11. The molecule has 2 rings (SSSR count). The first-order valence-electron chi connectivity index (χ1n) is 5.95. The Kier molecular flexibility index (Phi) is 4.31. The molecule has 3 N–H and O–H groups in total. The highest BCUT2D eigenvalue weighted by Crippen LogP contribution is 2.18. The number of carbonyl (C=O) groups excluding carboxylic acids is 1. The number of rotatable bonds is 6. The molecular formula is C13H18N2OS. The van der Waals surface area contributed by atoms with Crippen LogP contribution in [0.15, 0.2) is 24.3 Å². The second-order valence-electron chi connectivity index (χ2n) is 4.39. The van der Waals surface area contributed by atoms with Gasteiger partial charge in [-0.15, -0.1) is 0 Å². The maximum atomic E-state index is 11.4. The van der Waals surface area contributed by atoms with Crippen LogP contribution in [0.5, 0.6) is 0 Å². The minimum Gasteiger partial charge on any atom is -0.399 e. The van der Waals surface area contributed by atoms with E-state index in [1.165, 1.54) is 5.56 Å². The molecule has 0 bridgehead atoms. The van der Waals surface area contributed by atoms with Crippen LogP contribution in [0.2, 0.25) is 0 Å². The highest BCUT2D eigenvalue weighted by atomic mass is 32.2. The number of hydrogen-bond acceptors (Lipinski definition) is 3. The smallest absolute Gasteiger partial charge is 0.230 e. The van der Waals surface area contributed by atoms with E-state index in [-0.39, 0.29) is 5.91 Å². The molecule has 1 fully saturated rings. The zero-order valence-corrected chi connectivity index (χ0v) is 10.6. The van der Waals surface area contributed by atoms with Gasteiger partial charge in [0.1, 0.15) is 0 Å². The molecule has 1 aromatic carbocycles. The Morgan fingerprint density at radius 1 is 1.35 bits per heavy atom. The lowest BCUT2D eigenvalue weighted by atomic mass is 10.2. The molecular weight excluding hydrogens is 232 g/mol. The molecule has 0 saturated heterocycles. The van der Waals surface area contributed by atoms with Gasteiger partial charge in [0, 0.05) is 11.7 Å². The second-order valence-corrected chi connectivity index (χ2v) is 5.49. The molecule has 1 amide bonds. The number of benzene rings is 1. The first-order chi connectivity index (χ1) is 8.24. The third kappa shape index (κ3) is 4.69. The van der Waals surface area contributed by atoms with Crippen LogP contribution in [0.4, 0.5) is 5.69 Å². The van der Waals surface area contributed by atoms with Crippen molar-refractivity contribution in [3.8, 4) is 0 Å². The molecule has 1 aromatic rings. The molecule has 92 valence electrons. The summed E-state index contributed by atoms with van der Waals surface area (Å²) in [6.45, 7) is 0. The quantitative estimate of drug-likeness (QED) is 0.598. The van der Waals surface area contributed by atoms with Crippen molar-refractivity contribution in [1.82, 2.24) is 5.32 Å². The van der Waals surface area contributed by atoms with E-state index in [1.807, 2.05) is 24.3 Å². The zero-order chi connectivity index (χ0) is 12.1. The topological polar surface area (TPSA) is 55.1 Å². The molecule has 0 heterocycles. The van der Waals surface area contributed by atoms with Crippen LogP contribution in [0.3, 0.4) is 0 Å². The maximum Gasteiger partial charge on any atom is 0.230 e. The highest BCUT2D eigenvalue weighted by Gasteiger charge is 2.22. The van der Waals surface area contributed by atoms with E-state index >= 15 is 0 Å². The molecule has 0 unspecified atom stereocenters. The number of nitrogens with two attached hydrogens (primary N) is 1. The van der Waals surface area contributed by atoms with Gasteiger partial charge in [-0.05, 0) is 42.7 Å². The molecule has 3 nitrogen and oxygen atoms in total. The number of aryl methyl sites for hydroxylation is 1. The fourth-order valence-corrected chi connectivity index (χ4v) is 2.33. The number of thioether (sulfide) groups is 1. The predicted molar refractivity (Wildman–Crippen MR) is 73.0 cm³/mol. The van der Waals surface area contributed by atoms with E-state index < -0.39 is 0 Å². The Morgan fingerprint density at radius 3 is 2.71 bits per heavy atom. The van der Waals surface area contributed by atoms with Crippen LogP contribution in [0.25, 0.3) is 0 Å². The minimum absolute atomic E-state index is 0.176. The monoisotopic (exact) mass is 250 g/mol. The lowest BCUT2D eigenvalue weighted by molar-refractivity contribution is -0.118. The summed E-state index contributed by atoms with van der Waals surface area (Å²) in [4.78, 5) is 11.4. The molecule has 1 aliphatic carbocycles. The molecule has 0 aromatic heterocycles. The highest BCUT2D eigenvalue weighted by molar-refractivity contribution is 7.99. The fourth-order valence-electron chi connectivity index (χ4n) is 1.54. The summed E-state index contributed by atoms with van der Waals surface area (Å²) in [5, 5.41) is 2.98. The van der Waals surface area contributed by atoms with E-state index in [0.29, 0.717) is 11.8 Å². The van der Waals surface area contributed by atoms with Crippen molar-refractivity contribution >= 4 is 23.4 Å². The lowest BCUT2D eigenvalue weighted by Crippen LogP contribution is -2.27. The van der Waals surface area contributed by atoms with Gasteiger partial charge in [0.2, 0.25) is 5.91 Å². The number of nitrogens with one attached hydrogen (secondary N) is 1. The molecule has 0 aliphatic heterocycles. The Bertz CT molecular complexity index is 374. The molecule has 4 heteroatoms. The van der Waals surface area contributed by atoms with Crippen LogP contribution in [-0.2, 0) is 11.2 Å². The van der Waals surface area contributed by atoms with E-state index in [4.69, 9.17) is 5.73 Å². The van der Waals surface area contributed by atoms with E-state index in [2.05, 4.69) is 5.32 Å². The maximum absolute atomic E-state index is 11.4. The molecule has 0 radical (unpaired) electrons. The summed E-state index contributed by atoms with van der Waals surface area (Å²) in [5.74, 6) is 1.72. The average Bonchev–Trinajstić information content (AvgIpc) is 3.11. The van der Waals surface area contributed by atoms with Gasteiger partial charge >= 0.3 is 0 Å². The van der Waals surface area contributed by atoms with E-state index in [0.717, 1.165) is 30.7 Å². The minimum atomic E-state index is 0.176. The zero-order valence-electron chi connectivity index (χ0n) is 9.82. The SMILES string of the molecule is Nc1ccc(CCSCC(=O)NC2CC2)cc1. The van der Waals surface area contributed by atoms with Gasteiger partial charge in [-0.1, -0.05) is 12.1 Å². The Labute approximate surface area is 106 Å². The summed E-state index contributed by atoms with van der Waals surface area (Å²) >= 11 is 1.69. The number of carbonyl (C=O) groups is 1. The van der Waals surface area contributed by atoms with Gasteiger partial charge < -0.3 is 11.1 Å². The largest absolute Gasteiger partial charge is 0.399 e. The van der Waals surface area contributed by atoms with Gasteiger partial charge in [-0.3, -0.25) is 4.79 Å². The van der Waals surface area contributed by atoms with Gasteiger partial charge in [0.25, 0.3) is 0 Å². The number of nitrogen functional groups attached to an aromatic ring is 1. The number of amides is 1. The van der Waals surface area contributed by atoms with Gasteiger partial charge in [0.15, 0.2) is 0 Å². The molecule has 1 saturated carbocycles. The van der Waals surface area contributed by atoms with Crippen molar-refractivity contribution in [2.45, 2.75) is 25.3 Å². The van der Waals surface area contributed by atoms with Crippen LogP contribution >= 0.6 is 11.8 Å². The van der Waals surface area contributed by atoms with Gasteiger partial charge in [-0.2, -0.15) is 11.8 Å².